The number of benzene rings is 2. The van der Waals surface area contributed by atoms with Crippen molar-refractivity contribution in [3.8, 4) is 0 Å². The van der Waals surface area contributed by atoms with Gasteiger partial charge in [-0.15, -0.1) is 0 Å². The first-order chi connectivity index (χ1) is 14.9. The second-order valence-corrected chi connectivity index (χ2v) is 7.58. The molecule has 3 rings (SSSR count). The molecule has 0 spiro atoms. The van der Waals surface area contributed by atoms with Gasteiger partial charge in [0.2, 0.25) is 0 Å². The lowest BCUT2D eigenvalue weighted by Crippen LogP contribution is -2.47. The number of hydrogen-bond acceptors (Lipinski definition) is 6. The van der Waals surface area contributed by atoms with Gasteiger partial charge in [0.1, 0.15) is 5.69 Å². The summed E-state index contributed by atoms with van der Waals surface area (Å²) in [6, 6.07) is 13.5. The molecule has 1 aliphatic heterocycles. The lowest BCUT2D eigenvalue weighted by molar-refractivity contribution is -0.383. The van der Waals surface area contributed by atoms with Crippen molar-refractivity contribution in [1.29, 1.82) is 0 Å². The van der Waals surface area contributed by atoms with Gasteiger partial charge < -0.3 is 15.5 Å². The molecule has 1 saturated heterocycles. The Hall–Kier alpha value is -3.17. The molecule has 0 bridgehead atoms. The van der Waals surface area contributed by atoms with E-state index in [1.807, 2.05) is 24.3 Å². The molecular weight excluding hydrogens is 422 g/mol. The van der Waals surface area contributed by atoms with E-state index in [-0.39, 0.29) is 11.4 Å². The number of para-hydroxylation sites is 2. The maximum absolute atomic E-state index is 12.0. The predicted octanol–water partition coefficient (Wildman–Crippen LogP) is 2.52. The van der Waals surface area contributed by atoms with Crippen molar-refractivity contribution in [2.45, 2.75) is 6.42 Å². The number of anilines is 2. The van der Waals surface area contributed by atoms with Crippen LogP contribution in [0.2, 0.25) is 5.02 Å². The highest BCUT2D eigenvalue weighted by Crippen LogP contribution is 2.23. The Balaban J connectivity index is 1.35. The van der Waals surface area contributed by atoms with Crippen LogP contribution >= 0.6 is 11.6 Å². The summed E-state index contributed by atoms with van der Waals surface area (Å²) in [5, 5.41) is 16.6. The Kier molecular flexibility index (Phi) is 7.80. The molecule has 0 aromatic heterocycles. The lowest BCUT2D eigenvalue weighted by Gasteiger charge is -2.36. The molecule has 10 heteroatoms. The smallest absolute Gasteiger partial charge is 0.313 e. The lowest BCUT2D eigenvalue weighted by atomic mass is 10.2. The number of amides is 2. The van der Waals surface area contributed by atoms with Gasteiger partial charge in [0.15, 0.2) is 0 Å². The van der Waals surface area contributed by atoms with Gasteiger partial charge >= 0.3 is 11.8 Å². The largest absolute Gasteiger partial charge is 0.369 e. The van der Waals surface area contributed by atoms with E-state index in [9.17, 15) is 19.7 Å². The third-order valence-corrected chi connectivity index (χ3v) is 5.31. The van der Waals surface area contributed by atoms with Crippen LogP contribution < -0.4 is 15.5 Å². The third-order valence-electron chi connectivity index (χ3n) is 5.06. The molecule has 164 valence electrons. The highest BCUT2D eigenvalue weighted by atomic mass is 35.5. The Morgan fingerprint density at radius 1 is 1.00 bits per heavy atom. The molecule has 0 aliphatic carbocycles. The summed E-state index contributed by atoms with van der Waals surface area (Å²) >= 11 is 5.94. The molecule has 2 N–H and O–H groups in total. The average molecular weight is 446 g/mol. The minimum Gasteiger partial charge on any atom is -0.369 e. The molecule has 31 heavy (non-hydrogen) atoms. The summed E-state index contributed by atoms with van der Waals surface area (Å²) in [6.45, 7) is 4.79. The van der Waals surface area contributed by atoms with E-state index in [1.54, 1.807) is 6.07 Å². The fourth-order valence-corrected chi connectivity index (χ4v) is 3.51. The summed E-state index contributed by atoms with van der Waals surface area (Å²) in [7, 11) is 0. The first-order valence-corrected chi connectivity index (χ1v) is 10.4. The Bertz CT molecular complexity index is 930. The Morgan fingerprint density at radius 2 is 1.68 bits per heavy atom. The monoisotopic (exact) mass is 445 g/mol. The van der Waals surface area contributed by atoms with E-state index in [4.69, 9.17) is 11.6 Å². The first-order valence-electron chi connectivity index (χ1n) is 9.99. The zero-order valence-corrected chi connectivity index (χ0v) is 17.7. The number of nitrogens with one attached hydrogen (secondary N) is 2. The topological polar surface area (TPSA) is 108 Å². The number of carbonyl (C=O) groups is 2. The zero-order valence-electron chi connectivity index (χ0n) is 16.9. The maximum atomic E-state index is 12.0. The van der Waals surface area contributed by atoms with Crippen molar-refractivity contribution in [1.82, 2.24) is 10.2 Å². The molecule has 2 aromatic rings. The van der Waals surface area contributed by atoms with Crippen LogP contribution in [0.4, 0.5) is 17.1 Å². The molecule has 0 saturated carbocycles. The van der Waals surface area contributed by atoms with Crippen molar-refractivity contribution >= 4 is 40.5 Å². The van der Waals surface area contributed by atoms with E-state index < -0.39 is 16.7 Å². The highest BCUT2D eigenvalue weighted by molar-refractivity contribution is 6.39. The molecule has 0 radical (unpaired) electrons. The molecule has 2 amide bonds. The van der Waals surface area contributed by atoms with Crippen LogP contribution in [-0.2, 0) is 9.59 Å². The van der Waals surface area contributed by atoms with Gasteiger partial charge in [0, 0.05) is 49.5 Å². The van der Waals surface area contributed by atoms with Crippen LogP contribution in [0.3, 0.4) is 0 Å². The number of rotatable bonds is 7. The van der Waals surface area contributed by atoms with Crippen molar-refractivity contribution in [2.75, 3.05) is 49.5 Å². The van der Waals surface area contributed by atoms with E-state index in [1.165, 1.54) is 18.2 Å². The molecule has 1 aliphatic rings. The fourth-order valence-electron chi connectivity index (χ4n) is 3.38. The number of halogens is 1. The summed E-state index contributed by atoms with van der Waals surface area (Å²) < 4.78 is 0. The van der Waals surface area contributed by atoms with E-state index in [0.29, 0.717) is 13.0 Å². The van der Waals surface area contributed by atoms with E-state index in [2.05, 4.69) is 20.4 Å². The van der Waals surface area contributed by atoms with Crippen molar-refractivity contribution in [3.63, 3.8) is 0 Å². The van der Waals surface area contributed by atoms with Crippen LogP contribution in [0.5, 0.6) is 0 Å². The SMILES string of the molecule is O=C(NCCCN1CCN(c2ccc(Cl)cc2)CC1)C(=O)Nc1ccccc1[N+](=O)[O-]. The molecule has 0 unspecified atom stereocenters. The molecular formula is C21H24ClN5O4. The predicted molar refractivity (Wildman–Crippen MR) is 119 cm³/mol. The Labute approximate surface area is 185 Å². The van der Waals surface area contributed by atoms with Gasteiger partial charge in [-0.25, -0.2) is 0 Å². The minimum atomic E-state index is -0.925. The maximum Gasteiger partial charge on any atom is 0.313 e. The number of hydrogen-bond donors (Lipinski definition) is 2. The number of nitrogens with zero attached hydrogens (tertiary/aromatic N) is 3. The standard InChI is InChI=1S/C21H24ClN5O4/c22-16-6-8-17(9-7-16)26-14-12-25(13-15-26)11-3-10-23-20(28)21(29)24-18-4-1-2-5-19(18)27(30)31/h1-2,4-9H,3,10-15H2,(H,23,28)(H,24,29). The summed E-state index contributed by atoms with van der Waals surface area (Å²) in [5.41, 5.74) is 0.883. The van der Waals surface area contributed by atoms with E-state index in [0.717, 1.165) is 43.4 Å². The molecule has 1 fully saturated rings. The number of carbonyl (C=O) groups excluding carboxylic acids is 2. The normalized spacial score (nSPS) is 14.2. The van der Waals surface area contributed by atoms with E-state index >= 15 is 0 Å². The molecule has 0 atom stereocenters. The first kappa shape index (κ1) is 22.5. The summed E-state index contributed by atoms with van der Waals surface area (Å²) in [4.78, 5) is 39.0. The van der Waals surface area contributed by atoms with Crippen LogP contribution in [0.1, 0.15) is 6.42 Å². The number of nitro benzene ring substituents is 1. The van der Waals surface area contributed by atoms with Crippen LogP contribution in [-0.4, -0.2) is 60.9 Å². The van der Waals surface area contributed by atoms with Gasteiger partial charge in [-0.3, -0.25) is 24.6 Å². The fraction of sp³-hybridized carbons (Fsp3) is 0.333. The summed E-state index contributed by atoms with van der Waals surface area (Å²) in [5.74, 6) is -1.74. The number of nitro groups is 1. The molecule has 9 nitrogen and oxygen atoms in total. The zero-order chi connectivity index (χ0) is 22.2. The van der Waals surface area contributed by atoms with Crippen LogP contribution in [0.15, 0.2) is 48.5 Å². The third kappa shape index (κ3) is 6.40. The van der Waals surface area contributed by atoms with Crippen molar-refractivity contribution < 1.29 is 14.5 Å². The molecule has 1 heterocycles. The van der Waals surface area contributed by atoms with Gasteiger partial charge in [-0.05, 0) is 43.3 Å². The second kappa shape index (κ2) is 10.7. The Morgan fingerprint density at radius 3 is 2.35 bits per heavy atom. The van der Waals surface area contributed by atoms with Gasteiger partial charge in [0.25, 0.3) is 5.69 Å². The van der Waals surface area contributed by atoms with Crippen molar-refractivity contribution in [2.24, 2.45) is 0 Å². The molecule has 2 aromatic carbocycles. The van der Waals surface area contributed by atoms with Gasteiger partial charge in [0.05, 0.1) is 4.92 Å². The summed E-state index contributed by atoms with van der Waals surface area (Å²) in [6.07, 6.45) is 0.700. The quantitative estimate of drug-likeness (QED) is 0.293. The number of piperazine rings is 1. The van der Waals surface area contributed by atoms with Crippen LogP contribution in [0, 0.1) is 10.1 Å². The highest BCUT2D eigenvalue weighted by Gasteiger charge is 2.20. The van der Waals surface area contributed by atoms with Crippen LogP contribution in [0.25, 0.3) is 0 Å². The van der Waals surface area contributed by atoms with Gasteiger partial charge in [-0.1, -0.05) is 23.7 Å². The van der Waals surface area contributed by atoms with Gasteiger partial charge in [-0.2, -0.15) is 0 Å². The minimum absolute atomic E-state index is 0.00814. The average Bonchev–Trinajstić information content (AvgIpc) is 2.77. The second-order valence-electron chi connectivity index (χ2n) is 7.14. The van der Waals surface area contributed by atoms with Crippen molar-refractivity contribution in [3.05, 3.63) is 63.7 Å².